The average Bonchev–Trinajstić information content (AvgIpc) is 1.63. The molecular formula is C82H126BrCl2N20O16P5. The van der Waals surface area contributed by atoms with Gasteiger partial charge >= 0.3 is 0 Å². The maximum Gasteiger partial charge on any atom is 0.279 e. The van der Waals surface area contributed by atoms with Crippen LogP contribution in [-0.2, 0) is 28.4 Å². The molecule has 0 aromatic carbocycles. The Morgan fingerprint density at radius 1 is 0.381 bits per heavy atom. The molecule has 44 heteroatoms. The Hall–Kier alpha value is -6.13. The number of fused-ring (bicyclic) bond motifs is 5. The number of hydrogen-bond acceptors (Lipinski definition) is 26. The minimum atomic E-state index is -1.27. The van der Waals surface area contributed by atoms with Crippen LogP contribution in [-0.4, -0.2) is 342 Å². The molecule has 10 aromatic rings. The fraction of sp³-hybridized carbons (Fsp3) is 0.634. The zero-order chi connectivity index (χ0) is 93.3. The monoisotopic (exact) mass is 1950 g/mol. The van der Waals surface area contributed by atoms with Gasteiger partial charge in [0.1, 0.15) is 70.5 Å². The lowest BCUT2D eigenvalue weighted by molar-refractivity contribution is -0.0569. The summed E-state index contributed by atoms with van der Waals surface area (Å²) in [6.07, 6.45) is 24.7. The lowest BCUT2D eigenvalue weighted by Gasteiger charge is -2.26. The summed E-state index contributed by atoms with van der Waals surface area (Å²) in [5, 5.41) is 52.0. The van der Waals surface area contributed by atoms with Gasteiger partial charge in [-0.25, -0.2) is 49.8 Å². The van der Waals surface area contributed by atoms with E-state index in [2.05, 4.69) is 210 Å². The summed E-state index contributed by atoms with van der Waals surface area (Å²) < 4.78 is 44.8. The van der Waals surface area contributed by atoms with Gasteiger partial charge in [-0.3, -0.25) is 46.8 Å². The highest BCUT2D eigenvalue weighted by molar-refractivity contribution is 9.09. The first-order valence-electron chi connectivity index (χ1n) is 41.6. The third-order valence-corrected chi connectivity index (χ3v) is 32.4. The Balaban J connectivity index is 0.000000153. The molecule has 15 heterocycles. The number of ether oxygens (including phenoxy) is 6. The predicted octanol–water partition coefficient (Wildman–Crippen LogP) is 7.79. The molecule has 5 unspecified atom stereocenters. The Morgan fingerprint density at radius 3 is 0.865 bits per heavy atom. The lowest BCUT2D eigenvalue weighted by Crippen LogP contribution is -2.37. The molecule has 5 fully saturated rings. The van der Waals surface area contributed by atoms with Crippen molar-refractivity contribution in [1.82, 2.24) is 97.6 Å². The Bertz CT molecular complexity index is 5570. The fourth-order valence-corrected chi connectivity index (χ4v) is 28.0. The normalized spacial score (nSPS) is 28.4. The third kappa shape index (κ3) is 22.8. The summed E-state index contributed by atoms with van der Waals surface area (Å²) in [5.41, 5.74) is 1.99. The van der Waals surface area contributed by atoms with E-state index in [1.807, 2.05) is 20.8 Å². The van der Waals surface area contributed by atoms with Crippen LogP contribution >= 0.6 is 73.6 Å². The Labute approximate surface area is 750 Å². The number of aliphatic hydroxyl groups is 5. The van der Waals surface area contributed by atoms with Crippen molar-refractivity contribution < 1.29 is 54.0 Å². The SMILES string of the molecule is C=P(C)(C)CC(C)[C@H]1O[C@@H](n2cnc3c(=O)[nH]c(C)nc32)[C@H](Br)[C@@H]1O.C=P(C)(C)CC(C)[C@H]1O[C@@H](n2cnc3c(=O)[nH]c(C)nc32)[C@H](C)[C@@H]1O.C=P(C)(C)CC(C)[C@H]1O[C@@H](n2cnc3c(=O)[nH]c(C)nc32)[C@H](Cl)[C@@H]1O.C=P(C)(C)CC(C)[C@H]1O[C@@H](n2cnc3c(=O)[nH]c(C)nc32)[C@H](Cl)[C@@H]1O.C=P(C)(C)CC(C)[C@H]1O[C@@H](n2cnc3c(=O)[nH]c(C)nc32)[C@H](OC)[C@@H]1O. The molecule has 0 aliphatic carbocycles. The molecule has 5 saturated heterocycles. The number of aliphatic hydroxyl groups excluding tert-OH is 5. The van der Waals surface area contributed by atoms with Crippen LogP contribution in [0.15, 0.2) is 55.6 Å². The number of rotatable bonds is 21. The van der Waals surface area contributed by atoms with Gasteiger partial charge in [-0.15, -0.1) is 89.1 Å². The number of methoxy groups -OCH3 is 1. The topological polar surface area (TPSA) is 474 Å². The number of alkyl halides is 3. The third-order valence-electron chi connectivity index (χ3n) is 22.7. The predicted molar refractivity (Wildman–Crippen MR) is 516 cm³/mol. The summed E-state index contributed by atoms with van der Waals surface area (Å²) in [6.45, 7) is 36.3. The molecule has 696 valence electrons. The largest absolute Gasteiger partial charge is 0.390 e. The van der Waals surface area contributed by atoms with Crippen LogP contribution in [0.25, 0.3) is 55.8 Å². The molecular weight excluding hydrogens is 1830 g/mol. The van der Waals surface area contributed by atoms with Crippen molar-refractivity contribution in [3.05, 3.63) is 113 Å². The van der Waals surface area contributed by atoms with Crippen molar-refractivity contribution in [2.24, 2.45) is 35.5 Å². The highest BCUT2D eigenvalue weighted by atomic mass is 79.9. The molecule has 5 aliphatic heterocycles. The molecule has 0 radical (unpaired) electrons. The highest BCUT2D eigenvalue weighted by Crippen LogP contribution is 2.50. The highest BCUT2D eigenvalue weighted by Gasteiger charge is 2.52. The molecule has 36 nitrogen and oxygen atoms in total. The van der Waals surface area contributed by atoms with E-state index in [1.54, 1.807) is 77.2 Å². The number of aromatic nitrogens is 20. The fourth-order valence-electron chi connectivity index (χ4n) is 17.8. The van der Waals surface area contributed by atoms with E-state index in [0.717, 1.165) is 30.8 Å². The van der Waals surface area contributed by atoms with Gasteiger partial charge in [0.05, 0.1) is 79.2 Å². The molecule has 5 aliphatic rings. The van der Waals surface area contributed by atoms with E-state index in [-0.39, 0.29) is 114 Å². The van der Waals surface area contributed by atoms with Crippen LogP contribution in [0.5, 0.6) is 0 Å². The first-order chi connectivity index (χ1) is 58.4. The van der Waals surface area contributed by atoms with Crippen LogP contribution in [0.3, 0.4) is 0 Å². The maximum absolute atomic E-state index is 12.1. The van der Waals surface area contributed by atoms with E-state index >= 15 is 0 Å². The number of nitrogens with zero attached hydrogens (tertiary/aromatic N) is 15. The summed E-state index contributed by atoms with van der Waals surface area (Å²) >= 11 is 16.5. The Morgan fingerprint density at radius 2 is 0.595 bits per heavy atom. The van der Waals surface area contributed by atoms with Crippen LogP contribution in [0, 0.1) is 70.1 Å². The second kappa shape index (κ2) is 39.3. The maximum atomic E-state index is 12.1. The van der Waals surface area contributed by atoms with E-state index in [0.29, 0.717) is 57.4 Å². The molecule has 10 aromatic heterocycles. The van der Waals surface area contributed by atoms with Crippen LogP contribution in [0.4, 0.5) is 0 Å². The molecule has 0 saturated carbocycles. The quantitative estimate of drug-likeness (QED) is 0.0242. The van der Waals surface area contributed by atoms with Gasteiger partial charge in [0.25, 0.3) is 27.8 Å². The smallest absolute Gasteiger partial charge is 0.279 e. The minimum absolute atomic E-state index is 0.120. The van der Waals surface area contributed by atoms with Crippen LogP contribution < -0.4 is 27.8 Å². The van der Waals surface area contributed by atoms with Crippen molar-refractivity contribution in [3.8, 4) is 0 Å². The van der Waals surface area contributed by atoms with E-state index in [1.165, 1.54) is 19.0 Å². The van der Waals surface area contributed by atoms with E-state index in [9.17, 15) is 49.5 Å². The first kappa shape index (κ1) is 100. The lowest BCUT2D eigenvalue weighted by atomic mass is 9.95. The van der Waals surface area contributed by atoms with Crippen molar-refractivity contribution in [1.29, 1.82) is 0 Å². The van der Waals surface area contributed by atoms with Gasteiger partial charge < -0.3 is 78.9 Å². The van der Waals surface area contributed by atoms with Gasteiger partial charge in [0, 0.05) is 13.0 Å². The summed E-state index contributed by atoms with van der Waals surface area (Å²) in [6, 6.07) is 0. The number of halogens is 3. The van der Waals surface area contributed by atoms with Gasteiger partial charge in [-0.2, -0.15) is 0 Å². The standard InChI is InChI=1S/C17H27N4O4P.C17H27N4O3P.C16H24BrN4O3P.2C16H24ClN4O3P/c1-9(7-26(4,5)6)13-12(22)14(24-3)17(25-13)21-8-18-11-15(21)19-10(2)20-16(11)23;1-9(7-25(4,5)6)14-13(22)10(2)17(24-14)21-8-18-12-15(21)19-11(3)20-16(12)23;3*1-8(6-25(3,4)5)13-12(22)10(17)16(24-13)21-7-18-11-14(21)19-9(2)20-15(11)23/h8-9,12-14,17,22H,4,7H2,1-3,5-6H3,(H,19,20,23);8-10,13-14,17,22H,4,7H2,1-3,5-6H3,(H,19,20,23);3*7-8,10,12-13,16,22H,3,6H2,1-2,4-5H3,(H,19,20,23)/t9?,12-,13-,14-,17-;9?,10-,13+,14-,17-;3*8?,10-,12+,13-,16-/m11111/s1. The number of aryl methyl sites for hydroxylation is 5. The molecule has 126 heavy (non-hydrogen) atoms. The molecule has 10 N–H and O–H groups in total. The van der Waals surface area contributed by atoms with Gasteiger partial charge in [-0.1, -0.05) is 57.5 Å². The summed E-state index contributed by atoms with van der Waals surface area (Å²) in [7, 11) is 1.54. The molecule has 0 amide bonds. The molecule has 25 atom stereocenters. The van der Waals surface area contributed by atoms with Gasteiger partial charge in [-0.05, 0) is 162 Å². The van der Waals surface area contributed by atoms with E-state index < -0.39 is 125 Å². The average molecular weight is 1950 g/mol. The number of nitrogens with one attached hydrogen (secondary N) is 5. The molecule has 15 rings (SSSR count). The second-order valence-electron chi connectivity index (χ2n) is 38.2. The zero-order valence-electron chi connectivity index (χ0n) is 75.7. The summed E-state index contributed by atoms with van der Waals surface area (Å²) in [5.74, 6) is 3.12. The van der Waals surface area contributed by atoms with Crippen molar-refractivity contribution in [2.45, 2.75) is 190 Å². The first-order valence-corrected chi connectivity index (χ1v) is 58.7. The number of imidazole rings is 5. The van der Waals surface area contributed by atoms with Crippen molar-refractivity contribution in [2.75, 3.05) is 105 Å². The van der Waals surface area contributed by atoms with Gasteiger partial charge in [0.15, 0.2) is 80.7 Å². The number of H-pyrrole nitrogens is 5. The van der Waals surface area contributed by atoms with Crippen molar-refractivity contribution >= 4 is 161 Å². The number of hydrogen-bond donors (Lipinski definition) is 10. The zero-order valence-corrected chi connectivity index (χ0v) is 83.3. The van der Waals surface area contributed by atoms with Crippen LogP contribution in [0.1, 0.15) is 102 Å². The molecule has 0 bridgehead atoms. The van der Waals surface area contributed by atoms with Gasteiger partial charge in [0.2, 0.25) is 0 Å². The summed E-state index contributed by atoms with van der Waals surface area (Å²) in [4.78, 5) is 116. The Kier molecular flexibility index (Phi) is 31.4. The number of aromatic amines is 5. The molecule has 0 spiro atoms. The van der Waals surface area contributed by atoms with Crippen molar-refractivity contribution in [3.63, 3.8) is 0 Å². The minimum Gasteiger partial charge on any atom is -0.390 e. The van der Waals surface area contributed by atoms with Crippen LogP contribution in [0.2, 0.25) is 0 Å². The second-order valence-corrected chi connectivity index (χ2v) is 61.4. The van der Waals surface area contributed by atoms with E-state index in [4.69, 9.17) is 51.6 Å².